The van der Waals surface area contributed by atoms with E-state index >= 15 is 0 Å². The Kier molecular flexibility index (Phi) is 4.27. The molecule has 0 aliphatic rings. The lowest BCUT2D eigenvalue weighted by molar-refractivity contribution is 0.794. The number of nitrogen functional groups attached to an aromatic ring is 1. The minimum atomic E-state index is 0.317. The summed E-state index contributed by atoms with van der Waals surface area (Å²) in [5.41, 5.74) is 7.76. The minimum absolute atomic E-state index is 0.317. The molecule has 0 bridgehead atoms. The number of aromatic nitrogens is 2. The Balaban J connectivity index is 2.29. The number of halogens is 2. The molecule has 5 heteroatoms. The molecule has 0 saturated heterocycles. The third kappa shape index (κ3) is 3.58. The van der Waals surface area contributed by atoms with Crippen LogP contribution < -0.4 is 5.73 Å². The minimum Gasteiger partial charge on any atom is -0.384 e. The highest BCUT2D eigenvalue weighted by Gasteiger charge is 2.08. The van der Waals surface area contributed by atoms with E-state index in [9.17, 15) is 0 Å². The second-order valence-corrected chi connectivity index (χ2v) is 5.53. The molecule has 0 radical (unpaired) electrons. The molecule has 0 unspecified atom stereocenters. The zero-order valence-corrected chi connectivity index (χ0v) is 12.3. The Bertz CT molecular complexity index is 597. The summed E-state index contributed by atoms with van der Waals surface area (Å²) < 4.78 is 0. The molecule has 2 aromatic rings. The summed E-state index contributed by atoms with van der Waals surface area (Å²) in [6.45, 7) is 4.15. The quantitative estimate of drug-likeness (QED) is 0.928. The maximum absolute atomic E-state index is 6.00. The van der Waals surface area contributed by atoms with Gasteiger partial charge in [0.1, 0.15) is 11.6 Å². The van der Waals surface area contributed by atoms with Crippen molar-refractivity contribution in [2.24, 2.45) is 0 Å². The average Bonchev–Trinajstić information content (AvgIpc) is 2.33. The first-order valence-corrected chi connectivity index (χ1v) is 6.78. The first-order chi connectivity index (χ1) is 8.95. The van der Waals surface area contributed by atoms with Crippen molar-refractivity contribution in [2.45, 2.75) is 26.2 Å². The van der Waals surface area contributed by atoms with E-state index in [0.29, 0.717) is 34.0 Å². The smallest absolute Gasteiger partial charge is 0.135 e. The molecule has 19 heavy (non-hydrogen) atoms. The van der Waals surface area contributed by atoms with Gasteiger partial charge in [-0.3, -0.25) is 0 Å². The van der Waals surface area contributed by atoms with E-state index in [1.54, 1.807) is 6.07 Å². The van der Waals surface area contributed by atoms with Crippen LogP contribution in [0.25, 0.3) is 0 Å². The molecule has 0 aliphatic carbocycles. The van der Waals surface area contributed by atoms with Crippen LogP contribution in [0.4, 0.5) is 5.82 Å². The molecule has 100 valence electrons. The molecule has 2 N–H and O–H groups in total. The van der Waals surface area contributed by atoms with E-state index in [1.165, 1.54) is 0 Å². The highest BCUT2D eigenvalue weighted by molar-refractivity contribution is 6.42. The van der Waals surface area contributed by atoms with Crippen LogP contribution in [0.1, 0.15) is 36.8 Å². The topological polar surface area (TPSA) is 51.8 Å². The fraction of sp³-hybridized carbons (Fsp3) is 0.286. The van der Waals surface area contributed by atoms with Crippen LogP contribution in [0.5, 0.6) is 0 Å². The van der Waals surface area contributed by atoms with E-state index in [0.717, 1.165) is 11.3 Å². The largest absolute Gasteiger partial charge is 0.384 e. The van der Waals surface area contributed by atoms with Crippen LogP contribution in [0.15, 0.2) is 24.3 Å². The van der Waals surface area contributed by atoms with E-state index in [4.69, 9.17) is 28.9 Å². The van der Waals surface area contributed by atoms with Gasteiger partial charge in [-0.05, 0) is 23.6 Å². The summed E-state index contributed by atoms with van der Waals surface area (Å²) in [6, 6.07) is 7.32. The molecule has 2 rings (SSSR count). The van der Waals surface area contributed by atoms with Gasteiger partial charge in [-0.1, -0.05) is 43.1 Å². The van der Waals surface area contributed by atoms with Crippen molar-refractivity contribution in [3.63, 3.8) is 0 Å². The highest BCUT2D eigenvalue weighted by Crippen LogP contribution is 2.24. The third-order valence-corrected chi connectivity index (χ3v) is 3.49. The molecule has 1 aromatic carbocycles. The number of nitrogens with zero attached hydrogens (tertiary/aromatic N) is 2. The number of nitrogens with two attached hydrogens (primary N) is 1. The van der Waals surface area contributed by atoms with Crippen molar-refractivity contribution in [3.05, 3.63) is 51.4 Å². The number of anilines is 1. The van der Waals surface area contributed by atoms with Crippen LogP contribution in [0.2, 0.25) is 10.0 Å². The van der Waals surface area contributed by atoms with Crippen LogP contribution >= 0.6 is 23.2 Å². The molecular formula is C14H15Cl2N3. The van der Waals surface area contributed by atoms with Gasteiger partial charge < -0.3 is 5.73 Å². The zero-order valence-electron chi connectivity index (χ0n) is 10.8. The molecule has 0 fully saturated rings. The van der Waals surface area contributed by atoms with E-state index < -0.39 is 0 Å². The van der Waals surface area contributed by atoms with Crippen molar-refractivity contribution in [2.75, 3.05) is 5.73 Å². The molecule has 3 nitrogen and oxygen atoms in total. The Labute approximate surface area is 122 Å². The lowest BCUT2D eigenvalue weighted by Gasteiger charge is -2.08. The van der Waals surface area contributed by atoms with E-state index in [1.807, 2.05) is 18.2 Å². The first kappa shape index (κ1) is 14.1. The highest BCUT2D eigenvalue weighted by atomic mass is 35.5. The first-order valence-electron chi connectivity index (χ1n) is 6.03. The van der Waals surface area contributed by atoms with Gasteiger partial charge >= 0.3 is 0 Å². The lowest BCUT2D eigenvalue weighted by Crippen LogP contribution is -2.05. The Morgan fingerprint density at radius 2 is 1.84 bits per heavy atom. The predicted molar refractivity (Wildman–Crippen MR) is 79.8 cm³/mol. The van der Waals surface area contributed by atoms with E-state index in [2.05, 4.69) is 23.8 Å². The van der Waals surface area contributed by atoms with Crippen LogP contribution in [0, 0.1) is 0 Å². The summed E-state index contributed by atoms with van der Waals surface area (Å²) in [6.07, 6.45) is 0.585. The fourth-order valence-corrected chi connectivity index (χ4v) is 2.07. The summed E-state index contributed by atoms with van der Waals surface area (Å²) in [5, 5.41) is 1.08. The number of hydrogen-bond acceptors (Lipinski definition) is 3. The second-order valence-electron chi connectivity index (χ2n) is 4.71. The molecule has 0 aliphatic heterocycles. The van der Waals surface area contributed by atoms with Gasteiger partial charge in [-0.2, -0.15) is 0 Å². The molecule has 0 spiro atoms. The standard InChI is InChI=1S/C14H15Cl2N3/c1-8(2)12-7-13(17)19-14(18-12)6-9-3-4-10(15)11(16)5-9/h3-5,7-8H,6H2,1-2H3,(H2,17,18,19). The van der Waals surface area contributed by atoms with Crippen molar-refractivity contribution >= 4 is 29.0 Å². The van der Waals surface area contributed by atoms with Crippen LogP contribution in [-0.4, -0.2) is 9.97 Å². The van der Waals surface area contributed by atoms with Gasteiger partial charge in [0.15, 0.2) is 0 Å². The molecular weight excluding hydrogens is 281 g/mol. The average molecular weight is 296 g/mol. The SMILES string of the molecule is CC(C)c1cc(N)nc(Cc2ccc(Cl)c(Cl)c2)n1. The Morgan fingerprint density at radius 3 is 2.47 bits per heavy atom. The summed E-state index contributed by atoms with van der Waals surface area (Å²) in [7, 11) is 0. The van der Waals surface area contributed by atoms with Crippen LogP contribution in [-0.2, 0) is 6.42 Å². The maximum Gasteiger partial charge on any atom is 0.135 e. The number of rotatable bonds is 3. The summed E-state index contributed by atoms with van der Waals surface area (Å²) in [5.74, 6) is 1.51. The third-order valence-electron chi connectivity index (χ3n) is 2.75. The lowest BCUT2D eigenvalue weighted by atomic mass is 10.1. The summed E-state index contributed by atoms with van der Waals surface area (Å²) >= 11 is 11.9. The van der Waals surface area contributed by atoms with Gasteiger partial charge in [-0.25, -0.2) is 9.97 Å². The molecule has 0 atom stereocenters. The maximum atomic E-state index is 6.00. The van der Waals surface area contributed by atoms with Crippen molar-refractivity contribution in [1.82, 2.24) is 9.97 Å². The predicted octanol–water partition coefficient (Wildman–Crippen LogP) is 4.08. The van der Waals surface area contributed by atoms with Gasteiger partial charge in [-0.15, -0.1) is 0 Å². The van der Waals surface area contributed by atoms with Gasteiger partial charge in [0.2, 0.25) is 0 Å². The number of hydrogen-bond donors (Lipinski definition) is 1. The molecule has 0 amide bonds. The van der Waals surface area contributed by atoms with Gasteiger partial charge in [0.05, 0.1) is 10.0 Å². The van der Waals surface area contributed by atoms with Crippen molar-refractivity contribution in [1.29, 1.82) is 0 Å². The Hall–Kier alpha value is -1.32. The van der Waals surface area contributed by atoms with Gasteiger partial charge in [0.25, 0.3) is 0 Å². The second kappa shape index (κ2) is 5.76. The van der Waals surface area contributed by atoms with E-state index in [-0.39, 0.29) is 0 Å². The zero-order chi connectivity index (χ0) is 14.0. The van der Waals surface area contributed by atoms with Crippen molar-refractivity contribution < 1.29 is 0 Å². The number of benzene rings is 1. The van der Waals surface area contributed by atoms with Gasteiger partial charge in [0, 0.05) is 18.2 Å². The molecule has 0 saturated carbocycles. The molecule has 1 aromatic heterocycles. The fourth-order valence-electron chi connectivity index (χ4n) is 1.75. The van der Waals surface area contributed by atoms with Crippen LogP contribution in [0.3, 0.4) is 0 Å². The molecule has 1 heterocycles. The van der Waals surface area contributed by atoms with Crippen molar-refractivity contribution in [3.8, 4) is 0 Å². The monoisotopic (exact) mass is 295 g/mol. The normalized spacial score (nSPS) is 11.0. The summed E-state index contributed by atoms with van der Waals surface area (Å²) in [4.78, 5) is 8.77. The Morgan fingerprint density at radius 1 is 1.11 bits per heavy atom.